The Morgan fingerprint density at radius 3 is 2.74 bits per heavy atom. The number of nitrogens with one attached hydrogen (secondary N) is 1. The van der Waals surface area contributed by atoms with Gasteiger partial charge in [0.05, 0.1) is 7.11 Å². The molecule has 0 unspecified atom stereocenters. The molecule has 0 aliphatic carbocycles. The SMILES string of the molecule is COc1cccc(/C=C\C(=O)NCCCN(C)C)c1OC(F)F. The Hall–Kier alpha value is -2.15. The molecule has 0 aliphatic rings. The number of hydrogen-bond donors (Lipinski definition) is 1. The van der Waals surface area contributed by atoms with E-state index in [1.54, 1.807) is 12.1 Å². The van der Waals surface area contributed by atoms with Crippen LogP contribution in [-0.2, 0) is 4.79 Å². The zero-order valence-electron chi connectivity index (χ0n) is 13.5. The van der Waals surface area contributed by atoms with Gasteiger partial charge >= 0.3 is 6.61 Å². The van der Waals surface area contributed by atoms with E-state index < -0.39 is 6.61 Å². The summed E-state index contributed by atoms with van der Waals surface area (Å²) in [6.45, 7) is -1.56. The van der Waals surface area contributed by atoms with E-state index in [0.29, 0.717) is 12.1 Å². The zero-order valence-corrected chi connectivity index (χ0v) is 13.5. The van der Waals surface area contributed by atoms with Crippen LogP contribution in [0.2, 0.25) is 0 Å². The van der Waals surface area contributed by atoms with E-state index >= 15 is 0 Å². The standard InChI is InChI=1S/C16H22F2N2O3/c1-20(2)11-5-10-19-14(21)9-8-12-6-4-7-13(22-3)15(12)23-16(17)18/h4,6-9,16H,5,10-11H2,1-3H3,(H,19,21)/b9-8-. The molecule has 0 fully saturated rings. The highest BCUT2D eigenvalue weighted by Gasteiger charge is 2.13. The maximum Gasteiger partial charge on any atom is 0.387 e. The van der Waals surface area contributed by atoms with Gasteiger partial charge in [-0.15, -0.1) is 0 Å². The molecule has 0 heterocycles. The lowest BCUT2D eigenvalue weighted by Crippen LogP contribution is -2.25. The number of amides is 1. The maximum absolute atomic E-state index is 12.5. The first-order valence-corrected chi connectivity index (χ1v) is 7.16. The number of benzene rings is 1. The van der Waals surface area contributed by atoms with Crippen LogP contribution in [0.4, 0.5) is 8.78 Å². The summed E-state index contributed by atoms with van der Waals surface area (Å²) in [5.41, 5.74) is 0.341. The largest absolute Gasteiger partial charge is 0.493 e. The van der Waals surface area contributed by atoms with Crippen molar-refractivity contribution in [2.24, 2.45) is 0 Å². The molecule has 1 aromatic rings. The van der Waals surface area contributed by atoms with E-state index in [0.717, 1.165) is 13.0 Å². The van der Waals surface area contributed by atoms with Gasteiger partial charge in [0.1, 0.15) is 0 Å². The second-order valence-corrected chi connectivity index (χ2v) is 5.04. The average molecular weight is 328 g/mol. The number of carbonyl (C=O) groups excluding carboxylic acids is 1. The molecule has 1 rings (SSSR count). The Bertz CT molecular complexity index is 534. The van der Waals surface area contributed by atoms with Crippen molar-refractivity contribution in [3.8, 4) is 11.5 Å². The Morgan fingerprint density at radius 2 is 2.13 bits per heavy atom. The third kappa shape index (κ3) is 7.10. The van der Waals surface area contributed by atoms with Crippen molar-refractivity contribution in [2.75, 3.05) is 34.3 Å². The van der Waals surface area contributed by atoms with Gasteiger partial charge in [-0.1, -0.05) is 12.1 Å². The fourth-order valence-electron chi connectivity index (χ4n) is 1.87. The van der Waals surface area contributed by atoms with Crippen LogP contribution in [0.3, 0.4) is 0 Å². The van der Waals surface area contributed by atoms with Crippen molar-refractivity contribution < 1.29 is 23.0 Å². The highest BCUT2D eigenvalue weighted by atomic mass is 19.3. The van der Waals surface area contributed by atoms with Crippen LogP contribution in [-0.4, -0.2) is 51.7 Å². The molecule has 128 valence electrons. The molecule has 1 aromatic carbocycles. The second kappa shape index (κ2) is 9.78. The smallest absolute Gasteiger partial charge is 0.387 e. The Morgan fingerprint density at radius 1 is 1.39 bits per heavy atom. The van der Waals surface area contributed by atoms with Crippen LogP contribution in [0.15, 0.2) is 24.3 Å². The van der Waals surface area contributed by atoms with Crippen molar-refractivity contribution in [2.45, 2.75) is 13.0 Å². The van der Waals surface area contributed by atoms with Gasteiger partial charge in [0, 0.05) is 18.2 Å². The summed E-state index contributed by atoms with van der Waals surface area (Å²) in [4.78, 5) is 13.7. The molecule has 5 nitrogen and oxygen atoms in total. The molecule has 7 heteroatoms. The third-order valence-corrected chi connectivity index (χ3v) is 2.93. The van der Waals surface area contributed by atoms with Crippen molar-refractivity contribution in [3.05, 3.63) is 29.8 Å². The quantitative estimate of drug-likeness (QED) is 0.559. The average Bonchev–Trinajstić information content (AvgIpc) is 2.49. The normalized spacial score (nSPS) is 11.3. The minimum atomic E-state index is -2.97. The number of methoxy groups -OCH3 is 1. The zero-order chi connectivity index (χ0) is 17.2. The van der Waals surface area contributed by atoms with E-state index in [1.165, 1.54) is 25.3 Å². The van der Waals surface area contributed by atoms with E-state index in [4.69, 9.17) is 4.74 Å². The van der Waals surface area contributed by atoms with Gasteiger partial charge in [0.2, 0.25) is 5.91 Å². The fourth-order valence-corrected chi connectivity index (χ4v) is 1.87. The summed E-state index contributed by atoms with van der Waals surface area (Å²) in [5, 5.41) is 2.72. The van der Waals surface area contributed by atoms with Gasteiger partial charge in [-0.05, 0) is 39.2 Å². The van der Waals surface area contributed by atoms with Gasteiger partial charge in [-0.2, -0.15) is 8.78 Å². The monoisotopic (exact) mass is 328 g/mol. The van der Waals surface area contributed by atoms with E-state index in [2.05, 4.69) is 10.1 Å². The Balaban J connectivity index is 2.69. The molecule has 0 saturated carbocycles. The van der Waals surface area contributed by atoms with E-state index in [9.17, 15) is 13.6 Å². The molecular weight excluding hydrogens is 306 g/mol. The predicted octanol–water partition coefficient (Wildman–Crippen LogP) is 2.38. The number of rotatable bonds is 9. The van der Waals surface area contributed by atoms with Gasteiger partial charge < -0.3 is 19.7 Å². The van der Waals surface area contributed by atoms with Crippen LogP contribution in [0.5, 0.6) is 11.5 Å². The number of ether oxygens (including phenoxy) is 2. The van der Waals surface area contributed by atoms with Crippen molar-refractivity contribution in [1.82, 2.24) is 10.2 Å². The van der Waals surface area contributed by atoms with Crippen LogP contribution >= 0.6 is 0 Å². The highest BCUT2D eigenvalue weighted by Crippen LogP contribution is 2.33. The molecule has 0 atom stereocenters. The molecule has 0 spiro atoms. The highest BCUT2D eigenvalue weighted by molar-refractivity contribution is 5.92. The lowest BCUT2D eigenvalue weighted by molar-refractivity contribution is -0.116. The molecule has 0 aliphatic heterocycles. The maximum atomic E-state index is 12.5. The lowest BCUT2D eigenvalue weighted by Gasteiger charge is -2.12. The van der Waals surface area contributed by atoms with Gasteiger partial charge in [0.25, 0.3) is 0 Å². The van der Waals surface area contributed by atoms with Gasteiger partial charge in [-0.25, -0.2) is 0 Å². The molecular formula is C16H22F2N2O3. The third-order valence-electron chi connectivity index (χ3n) is 2.93. The molecule has 0 saturated heterocycles. The van der Waals surface area contributed by atoms with Crippen LogP contribution < -0.4 is 14.8 Å². The van der Waals surface area contributed by atoms with E-state index in [1.807, 2.05) is 19.0 Å². The lowest BCUT2D eigenvalue weighted by atomic mass is 10.1. The number of para-hydroxylation sites is 1. The number of carbonyl (C=O) groups is 1. The van der Waals surface area contributed by atoms with Gasteiger partial charge in [0.15, 0.2) is 11.5 Å². The number of nitrogens with zero attached hydrogens (tertiary/aromatic N) is 1. The van der Waals surface area contributed by atoms with Crippen molar-refractivity contribution >= 4 is 12.0 Å². The van der Waals surface area contributed by atoms with Crippen molar-refractivity contribution in [1.29, 1.82) is 0 Å². The second-order valence-electron chi connectivity index (χ2n) is 5.04. The van der Waals surface area contributed by atoms with E-state index in [-0.39, 0.29) is 17.4 Å². The number of hydrogen-bond acceptors (Lipinski definition) is 4. The van der Waals surface area contributed by atoms with Crippen LogP contribution in [0.25, 0.3) is 6.08 Å². The summed E-state index contributed by atoms with van der Waals surface area (Å²) >= 11 is 0. The first-order chi connectivity index (χ1) is 10.9. The Kier molecular flexibility index (Phi) is 8.04. The topological polar surface area (TPSA) is 50.8 Å². The summed E-state index contributed by atoms with van der Waals surface area (Å²) < 4.78 is 34.5. The summed E-state index contributed by atoms with van der Waals surface area (Å²) in [7, 11) is 5.27. The first-order valence-electron chi connectivity index (χ1n) is 7.16. The van der Waals surface area contributed by atoms with Crippen LogP contribution in [0.1, 0.15) is 12.0 Å². The molecule has 1 N–H and O–H groups in total. The molecule has 1 amide bonds. The molecule has 0 bridgehead atoms. The summed E-state index contributed by atoms with van der Waals surface area (Å²) in [5.74, 6) is -0.213. The summed E-state index contributed by atoms with van der Waals surface area (Å²) in [6.07, 6.45) is 3.52. The minimum absolute atomic E-state index is 0.0957. The first kappa shape index (κ1) is 18.9. The van der Waals surface area contributed by atoms with Crippen LogP contribution in [0, 0.1) is 0 Å². The minimum Gasteiger partial charge on any atom is -0.493 e. The molecule has 0 radical (unpaired) electrons. The number of alkyl halides is 2. The fraction of sp³-hybridized carbons (Fsp3) is 0.438. The Labute approximate surface area is 134 Å². The summed E-state index contributed by atoms with van der Waals surface area (Å²) in [6, 6.07) is 4.71. The number of halogens is 2. The molecule has 0 aromatic heterocycles. The van der Waals surface area contributed by atoms with Crippen molar-refractivity contribution in [3.63, 3.8) is 0 Å². The molecule has 23 heavy (non-hydrogen) atoms. The van der Waals surface area contributed by atoms with Gasteiger partial charge in [-0.3, -0.25) is 4.79 Å². The predicted molar refractivity (Wildman–Crippen MR) is 84.8 cm³/mol.